The highest BCUT2D eigenvalue weighted by Crippen LogP contribution is 1.96. The first-order chi connectivity index (χ1) is 8.04. The number of carbonyl (C=O) groups is 2. The summed E-state index contributed by atoms with van der Waals surface area (Å²) >= 11 is 0. The maximum Gasteiger partial charge on any atom is 0.129 e. The van der Waals surface area contributed by atoms with E-state index in [9.17, 15) is 9.59 Å². The average molecular weight is 246 g/mol. The fourth-order valence-electron chi connectivity index (χ4n) is 1.04. The minimum absolute atomic E-state index is 0.234. The predicted octanol–water partition coefficient (Wildman–Crippen LogP) is 3.09. The Bertz CT molecular complexity index is 190. The average Bonchev–Trinajstić information content (AvgIpc) is 2.26. The number of unbranched alkanes of at least 4 members (excludes halogenated alkanes) is 2. The van der Waals surface area contributed by atoms with Gasteiger partial charge in [-0.2, -0.15) is 0 Å². The monoisotopic (exact) mass is 246 g/mol. The Morgan fingerprint density at radius 1 is 0.941 bits per heavy atom. The zero-order valence-corrected chi connectivity index (χ0v) is 11.6. The van der Waals surface area contributed by atoms with Crippen molar-refractivity contribution >= 4 is 11.6 Å². The Kier molecular flexibility index (Phi) is 16.7. The topological polar surface area (TPSA) is 52.6 Å². The van der Waals surface area contributed by atoms with E-state index >= 15 is 0 Å². The van der Waals surface area contributed by atoms with Crippen molar-refractivity contribution in [2.75, 3.05) is 13.7 Å². The molecule has 0 aliphatic carbocycles. The van der Waals surface area contributed by atoms with Gasteiger partial charge in [0.05, 0.1) is 13.7 Å². The van der Waals surface area contributed by atoms with Gasteiger partial charge in [0.15, 0.2) is 0 Å². The van der Waals surface area contributed by atoms with E-state index in [-0.39, 0.29) is 5.78 Å². The summed E-state index contributed by atoms with van der Waals surface area (Å²) in [6, 6.07) is 0. The molecule has 0 aliphatic heterocycles. The molecule has 102 valence electrons. The van der Waals surface area contributed by atoms with Crippen LogP contribution in [0.15, 0.2) is 0 Å². The fourth-order valence-corrected chi connectivity index (χ4v) is 1.04. The van der Waals surface area contributed by atoms with Crippen molar-refractivity contribution in [1.29, 1.82) is 0 Å². The molecule has 0 aromatic rings. The molecule has 0 atom stereocenters. The fraction of sp³-hybridized carbons (Fsp3) is 0.846. The standard InChI is InChI=1S/C7H14O3.C6H12O/c1-7(8)5-3-4-6-10-9-2;1-3-4-5-6(2)7/h3-6H2,1-2H3;3-5H2,1-2H3. The first kappa shape index (κ1) is 18.6. The van der Waals surface area contributed by atoms with Crippen molar-refractivity contribution in [1.82, 2.24) is 0 Å². The smallest absolute Gasteiger partial charge is 0.129 e. The van der Waals surface area contributed by atoms with Crippen molar-refractivity contribution < 1.29 is 19.4 Å². The third kappa shape index (κ3) is 25.5. The summed E-state index contributed by atoms with van der Waals surface area (Å²) in [6.45, 7) is 5.89. The first-order valence-corrected chi connectivity index (χ1v) is 6.19. The highest BCUT2D eigenvalue weighted by Gasteiger charge is 1.92. The van der Waals surface area contributed by atoms with Crippen LogP contribution >= 0.6 is 0 Å². The van der Waals surface area contributed by atoms with Gasteiger partial charge in [0.1, 0.15) is 11.6 Å². The third-order valence-corrected chi connectivity index (χ3v) is 2.01. The lowest BCUT2D eigenvalue weighted by Crippen LogP contribution is -1.95. The quantitative estimate of drug-likeness (QED) is 0.356. The zero-order chi connectivity index (χ0) is 13.5. The Morgan fingerprint density at radius 3 is 1.82 bits per heavy atom. The molecule has 17 heavy (non-hydrogen) atoms. The van der Waals surface area contributed by atoms with E-state index in [2.05, 4.69) is 16.7 Å². The molecule has 0 aliphatic rings. The summed E-state index contributed by atoms with van der Waals surface area (Å²) in [7, 11) is 1.48. The van der Waals surface area contributed by atoms with Crippen molar-refractivity contribution in [2.24, 2.45) is 0 Å². The second kappa shape index (κ2) is 15.3. The molecule has 0 radical (unpaired) electrons. The van der Waals surface area contributed by atoms with Gasteiger partial charge in [-0.1, -0.05) is 13.3 Å². The van der Waals surface area contributed by atoms with E-state index < -0.39 is 0 Å². The second-order valence-electron chi connectivity index (χ2n) is 3.95. The summed E-state index contributed by atoms with van der Waals surface area (Å²) < 4.78 is 0. The van der Waals surface area contributed by atoms with Gasteiger partial charge >= 0.3 is 0 Å². The van der Waals surface area contributed by atoms with Crippen molar-refractivity contribution in [2.45, 2.75) is 59.3 Å². The molecule has 0 fully saturated rings. The van der Waals surface area contributed by atoms with Crippen LogP contribution in [0.2, 0.25) is 0 Å². The van der Waals surface area contributed by atoms with E-state index in [1.54, 1.807) is 13.8 Å². The molecule has 0 aromatic heterocycles. The van der Waals surface area contributed by atoms with Crippen LogP contribution in [0.4, 0.5) is 0 Å². The predicted molar refractivity (Wildman–Crippen MR) is 67.7 cm³/mol. The van der Waals surface area contributed by atoms with Gasteiger partial charge in [0.25, 0.3) is 0 Å². The highest BCUT2D eigenvalue weighted by atomic mass is 17.2. The molecule has 0 saturated heterocycles. The number of Topliss-reactive ketones (excluding diaryl/α,β-unsaturated/α-hetero) is 2. The molecule has 0 spiro atoms. The van der Waals surface area contributed by atoms with Crippen LogP contribution in [-0.2, 0) is 19.4 Å². The van der Waals surface area contributed by atoms with Crippen molar-refractivity contribution in [3.05, 3.63) is 0 Å². The van der Waals surface area contributed by atoms with Gasteiger partial charge in [-0.15, -0.1) is 0 Å². The van der Waals surface area contributed by atoms with Gasteiger partial charge in [-0.25, -0.2) is 9.78 Å². The van der Waals surface area contributed by atoms with E-state index in [0.717, 1.165) is 32.1 Å². The van der Waals surface area contributed by atoms with Crippen LogP contribution in [0.5, 0.6) is 0 Å². The van der Waals surface area contributed by atoms with Gasteiger partial charge in [-0.05, 0) is 33.1 Å². The second-order valence-corrected chi connectivity index (χ2v) is 3.95. The molecule has 0 saturated carbocycles. The number of ketones is 2. The Balaban J connectivity index is 0. The zero-order valence-electron chi connectivity index (χ0n) is 11.6. The van der Waals surface area contributed by atoms with Crippen LogP contribution in [0.25, 0.3) is 0 Å². The van der Waals surface area contributed by atoms with Gasteiger partial charge in [-0.3, -0.25) is 0 Å². The van der Waals surface area contributed by atoms with Crippen LogP contribution < -0.4 is 0 Å². The van der Waals surface area contributed by atoms with E-state index in [1.807, 2.05) is 0 Å². The Hall–Kier alpha value is -0.740. The molecule has 0 heterocycles. The lowest BCUT2D eigenvalue weighted by molar-refractivity contribution is -0.272. The molecule has 4 nitrogen and oxygen atoms in total. The summed E-state index contributed by atoms with van der Waals surface area (Å²) in [5.74, 6) is 0.541. The van der Waals surface area contributed by atoms with Gasteiger partial charge in [0, 0.05) is 12.8 Å². The molecular weight excluding hydrogens is 220 g/mol. The maximum atomic E-state index is 10.4. The van der Waals surface area contributed by atoms with Crippen LogP contribution in [-0.4, -0.2) is 25.3 Å². The lowest BCUT2D eigenvalue weighted by atomic mass is 10.2. The summed E-state index contributed by atoms with van der Waals surface area (Å²) in [5, 5.41) is 0. The largest absolute Gasteiger partial charge is 0.300 e. The summed E-state index contributed by atoms with van der Waals surface area (Å²) in [6.07, 6.45) is 5.35. The van der Waals surface area contributed by atoms with Crippen molar-refractivity contribution in [3.8, 4) is 0 Å². The normalized spacial score (nSPS) is 9.41. The van der Waals surface area contributed by atoms with Crippen LogP contribution in [0.3, 0.4) is 0 Å². The molecular formula is C13H26O4. The minimum Gasteiger partial charge on any atom is -0.300 e. The van der Waals surface area contributed by atoms with Crippen LogP contribution in [0, 0.1) is 0 Å². The number of carbonyl (C=O) groups excluding carboxylic acids is 2. The van der Waals surface area contributed by atoms with Crippen molar-refractivity contribution in [3.63, 3.8) is 0 Å². The molecule has 4 heteroatoms. The molecule has 0 aromatic carbocycles. The molecule has 0 unspecified atom stereocenters. The van der Waals surface area contributed by atoms with E-state index in [0.29, 0.717) is 18.8 Å². The third-order valence-electron chi connectivity index (χ3n) is 2.01. The molecule has 0 N–H and O–H groups in total. The van der Waals surface area contributed by atoms with E-state index in [4.69, 9.17) is 0 Å². The highest BCUT2D eigenvalue weighted by molar-refractivity contribution is 5.75. The number of rotatable bonds is 9. The van der Waals surface area contributed by atoms with E-state index in [1.165, 1.54) is 7.11 Å². The summed E-state index contributed by atoms with van der Waals surface area (Å²) in [5.41, 5.74) is 0. The number of hydrogen-bond acceptors (Lipinski definition) is 4. The van der Waals surface area contributed by atoms with Crippen LogP contribution in [0.1, 0.15) is 59.3 Å². The Morgan fingerprint density at radius 2 is 1.47 bits per heavy atom. The SMILES string of the molecule is CCCCC(C)=O.COOCCCCC(C)=O. The van der Waals surface area contributed by atoms with Gasteiger partial charge < -0.3 is 9.59 Å². The lowest BCUT2D eigenvalue weighted by Gasteiger charge is -1.97. The molecule has 0 rings (SSSR count). The maximum absolute atomic E-state index is 10.4. The van der Waals surface area contributed by atoms with Gasteiger partial charge in [0.2, 0.25) is 0 Å². The molecule has 0 amide bonds. The minimum atomic E-state index is 0.234. The number of hydrogen-bond donors (Lipinski definition) is 0. The molecule has 0 bridgehead atoms. The Labute approximate surface area is 105 Å². The summed E-state index contributed by atoms with van der Waals surface area (Å²) in [4.78, 5) is 29.6. The first-order valence-electron chi connectivity index (χ1n) is 6.19.